The van der Waals surface area contributed by atoms with E-state index in [9.17, 15) is 5.11 Å². The summed E-state index contributed by atoms with van der Waals surface area (Å²) in [4.78, 5) is 10.2. The van der Waals surface area contributed by atoms with Gasteiger partial charge in [-0.15, -0.1) is 0 Å². The summed E-state index contributed by atoms with van der Waals surface area (Å²) >= 11 is 0. The van der Waals surface area contributed by atoms with E-state index in [1.54, 1.807) is 0 Å². The van der Waals surface area contributed by atoms with Gasteiger partial charge < -0.3 is 5.11 Å². The quantitative estimate of drug-likeness (QED) is 0.815. The number of nitrogens with zero attached hydrogens (tertiary/aromatic N) is 4. The number of likely N-dealkylation sites (tertiary alicyclic amines) is 2. The van der Waals surface area contributed by atoms with Crippen molar-refractivity contribution in [3.63, 3.8) is 0 Å². The molecular formula is C22H36N4O. The molecule has 0 bridgehead atoms. The van der Waals surface area contributed by atoms with Gasteiger partial charge in [-0.1, -0.05) is 36.8 Å². The standard InChI is InChI=1S/C22H36N4O/c27-22-19-25(18-21(22)26-9-5-2-6-10-26)16-13-23-11-14-24(15-12-23)17-20-7-3-1-4-8-20/h1,3-4,7-8,21-22,27H,2,5-6,9-19H2/t21-,22-/m0/s1. The predicted octanol–water partition coefficient (Wildman–Crippen LogP) is 1.34. The molecule has 3 fully saturated rings. The molecule has 27 heavy (non-hydrogen) atoms. The van der Waals surface area contributed by atoms with E-state index < -0.39 is 0 Å². The van der Waals surface area contributed by atoms with Crippen LogP contribution in [0.1, 0.15) is 24.8 Å². The lowest BCUT2D eigenvalue weighted by Crippen LogP contribution is -2.48. The van der Waals surface area contributed by atoms with Gasteiger partial charge >= 0.3 is 0 Å². The van der Waals surface area contributed by atoms with Crippen molar-refractivity contribution in [2.75, 3.05) is 65.4 Å². The van der Waals surface area contributed by atoms with Crippen molar-refractivity contribution >= 4 is 0 Å². The minimum atomic E-state index is -0.161. The Balaban J connectivity index is 1.16. The van der Waals surface area contributed by atoms with Crippen LogP contribution >= 0.6 is 0 Å². The van der Waals surface area contributed by atoms with Gasteiger partial charge in [-0.2, -0.15) is 0 Å². The average Bonchev–Trinajstić information content (AvgIpc) is 3.09. The second-order valence-corrected chi connectivity index (χ2v) is 8.59. The first-order chi connectivity index (χ1) is 13.3. The van der Waals surface area contributed by atoms with Crippen LogP contribution in [0.3, 0.4) is 0 Å². The summed E-state index contributed by atoms with van der Waals surface area (Å²) in [6, 6.07) is 11.2. The van der Waals surface area contributed by atoms with E-state index in [1.165, 1.54) is 51.0 Å². The smallest absolute Gasteiger partial charge is 0.0834 e. The maximum atomic E-state index is 10.5. The van der Waals surface area contributed by atoms with E-state index in [-0.39, 0.29) is 6.10 Å². The van der Waals surface area contributed by atoms with Crippen molar-refractivity contribution in [3.8, 4) is 0 Å². The molecule has 5 nitrogen and oxygen atoms in total. The monoisotopic (exact) mass is 372 g/mol. The molecule has 3 aliphatic rings. The van der Waals surface area contributed by atoms with Crippen LogP contribution in [0.15, 0.2) is 30.3 Å². The zero-order valence-electron chi connectivity index (χ0n) is 16.7. The third-order valence-corrected chi connectivity index (χ3v) is 6.64. The number of hydrogen-bond acceptors (Lipinski definition) is 5. The first-order valence-electron chi connectivity index (χ1n) is 10.9. The van der Waals surface area contributed by atoms with Gasteiger partial charge in [0.2, 0.25) is 0 Å². The second kappa shape index (κ2) is 9.48. The molecule has 0 spiro atoms. The Kier molecular flexibility index (Phi) is 6.79. The highest BCUT2D eigenvalue weighted by Gasteiger charge is 2.35. The molecule has 0 unspecified atom stereocenters. The van der Waals surface area contributed by atoms with E-state index >= 15 is 0 Å². The molecule has 0 aliphatic carbocycles. The molecule has 5 heteroatoms. The molecule has 3 heterocycles. The fraction of sp³-hybridized carbons (Fsp3) is 0.727. The number of aliphatic hydroxyl groups excluding tert-OH is 1. The molecule has 1 aromatic rings. The molecule has 0 saturated carbocycles. The first-order valence-corrected chi connectivity index (χ1v) is 10.9. The number of hydrogen-bond donors (Lipinski definition) is 1. The van der Waals surface area contributed by atoms with Gasteiger partial charge in [0.25, 0.3) is 0 Å². The minimum Gasteiger partial charge on any atom is -0.390 e. The molecular weight excluding hydrogens is 336 g/mol. The maximum absolute atomic E-state index is 10.5. The van der Waals surface area contributed by atoms with Gasteiger partial charge in [-0.3, -0.25) is 19.6 Å². The van der Waals surface area contributed by atoms with Gasteiger partial charge in [-0.05, 0) is 31.5 Å². The number of aliphatic hydroxyl groups is 1. The lowest BCUT2D eigenvalue weighted by molar-refractivity contribution is 0.0705. The second-order valence-electron chi connectivity index (χ2n) is 8.59. The summed E-state index contributed by atoms with van der Waals surface area (Å²) in [6.07, 6.45) is 3.80. The molecule has 4 rings (SSSR count). The van der Waals surface area contributed by atoms with Gasteiger partial charge in [0.1, 0.15) is 0 Å². The van der Waals surface area contributed by atoms with E-state index in [4.69, 9.17) is 0 Å². The van der Waals surface area contributed by atoms with Crippen LogP contribution in [-0.2, 0) is 6.54 Å². The van der Waals surface area contributed by atoms with Gasteiger partial charge in [0.05, 0.1) is 6.10 Å². The van der Waals surface area contributed by atoms with Crippen LogP contribution in [-0.4, -0.2) is 102 Å². The number of benzene rings is 1. The summed E-state index contributed by atoms with van der Waals surface area (Å²) in [6.45, 7) is 12.2. The fourth-order valence-electron chi connectivity index (χ4n) is 4.93. The third-order valence-electron chi connectivity index (χ3n) is 6.64. The summed E-state index contributed by atoms with van der Waals surface area (Å²) in [7, 11) is 0. The Morgan fingerprint density at radius 2 is 1.41 bits per heavy atom. The molecule has 3 aliphatic heterocycles. The van der Waals surface area contributed by atoms with Crippen molar-refractivity contribution in [2.24, 2.45) is 0 Å². The van der Waals surface area contributed by atoms with Crippen LogP contribution < -0.4 is 0 Å². The summed E-state index contributed by atoms with van der Waals surface area (Å²) in [5, 5.41) is 10.5. The van der Waals surface area contributed by atoms with Crippen molar-refractivity contribution in [3.05, 3.63) is 35.9 Å². The van der Waals surface area contributed by atoms with E-state index in [0.717, 1.165) is 45.8 Å². The van der Waals surface area contributed by atoms with Crippen LogP contribution in [0.25, 0.3) is 0 Å². The zero-order valence-corrected chi connectivity index (χ0v) is 16.7. The average molecular weight is 373 g/mol. The van der Waals surface area contributed by atoms with Gasteiger partial charge in [-0.25, -0.2) is 0 Å². The van der Waals surface area contributed by atoms with E-state index in [0.29, 0.717) is 6.04 Å². The predicted molar refractivity (Wildman–Crippen MR) is 110 cm³/mol. The molecule has 0 amide bonds. The van der Waals surface area contributed by atoms with E-state index in [1.807, 2.05) is 0 Å². The van der Waals surface area contributed by atoms with E-state index in [2.05, 4.69) is 49.9 Å². The SMILES string of the molecule is O[C@H]1CN(CCN2CCN(Cc3ccccc3)CC2)C[C@@H]1N1CCCCC1. The maximum Gasteiger partial charge on any atom is 0.0834 e. The molecule has 0 aromatic heterocycles. The number of rotatable bonds is 6. The highest BCUT2D eigenvalue weighted by molar-refractivity contribution is 5.14. The normalized spacial score (nSPS) is 29.4. The van der Waals surface area contributed by atoms with Crippen LogP contribution in [0.2, 0.25) is 0 Å². The molecule has 3 saturated heterocycles. The van der Waals surface area contributed by atoms with Crippen molar-refractivity contribution < 1.29 is 5.11 Å². The van der Waals surface area contributed by atoms with Crippen LogP contribution in [0.4, 0.5) is 0 Å². The summed E-state index contributed by atoms with van der Waals surface area (Å²) < 4.78 is 0. The Morgan fingerprint density at radius 1 is 0.741 bits per heavy atom. The Hall–Kier alpha value is -0.980. The Bertz CT molecular complexity index is 555. The molecule has 1 N–H and O–H groups in total. The highest BCUT2D eigenvalue weighted by atomic mass is 16.3. The van der Waals surface area contributed by atoms with Gasteiger partial charge in [0.15, 0.2) is 0 Å². The van der Waals surface area contributed by atoms with Crippen molar-refractivity contribution in [1.29, 1.82) is 0 Å². The van der Waals surface area contributed by atoms with Gasteiger partial charge in [0, 0.05) is 64.9 Å². The lowest BCUT2D eigenvalue weighted by atomic mass is 10.1. The lowest BCUT2D eigenvalue weighted by Gasteiger charge is -2.35. The van der Waals surface area contributed by atoms with Crippen molar-refractivity contribution in [1.82, 2.24) is 19.6 Å². The molecule has 0 radical (unpaired) electrons. The topological polar surface area (TPSA) is 33.2 Å². The summed E-state index contributed by atoms with van der Waals surface area (Å²) in [5.41, 5.74) is 1.42. The van der Waals surface area contributed by atoms with Crippen molar-refractivity contribution in [2.45, 2.75) is 38.0 Å². The first kappa shape index (κ1) is 19.3. The third kappa shape index (κ3) is 5.30. The zero-order chi connectivity index (χ0) is 18.5. The Labute approximate surface area is 164 Å². The summed E-state index contributed by atoms with van der Waals surface area (Å²) in [5.74, 6) is 0. The fourth-order valence-corrected chi connectivity index (χ4v) is 4.93. The number of piperazine rings is 1. The number of β-amino-alcohol motifs (C(OH)–C–C–N with tert-alkyl or cyclic N) is 1. The molecule has 2 atom stereocenters. The molecule has 150 valence electrons. The molecule has 1 aromatic carbocycles. The minimum absolute atomic E-state index is 0.161. The van der Waals surface area contributed by atoms with Crippen LogP contribution in [0, 0.1) is 0 Å². The largest absolute Gasteiger partial charge is 0.390 e. The Morgan fingerprint density at radius 3 is 2.15 bits per heavy atom. The highest BCUT2D eigenvalue weighted by Crippen LogP contribution is 2.20. The number of piperidine rings is 1. The van der Waals surface area contributed by atoms with Crippen LogP contribution in [0.5, 0.6) is 0 Å².